The second kappa shape index (κ2) is 19.4. The average Bonchev–Trinajstić information content (AvgIpc) is 3.28. The maximum Gasteiger partial charge on any atom is 0.337 e. The van der Waals surface area contributed by atoms with Crippen molar-refractivity contribution in [2.75, 3.05) is 71.0 Å². The van der Waals surface area contributed by atoms with E-state index in [1.54, 1.807) is 0 Å². The molecule has 0 aliphatic rings. The first-order valence-corrected chi connectivity index (χ1v) is 17.7. The molecule has 4 N–H and O–H groups in total. The Morgan fingerprint density at radius 2 is 0.667 bits per heavy atom. The van der Waals surface area contributed by atoms with E-state index in [1.807, 2.05) is 0 Å². The molecule has 0 spiro atoms. The maximum atomic E-state index is 13.7. The number of anilines is 4. The van der Waals surface area contributed by atoms with E-state index in [-0.39, 0.29) is 73.5 Å². The van der Waals surface area contributed by atoms with Gasteiger partial charge in [0.1, 0.15) is 28.7 Å². The van der Waals surface area contributed by atoms with Crippen molar-refractivity contribution in [1.29, 1.82) is 0 Å². The molecular weight excluding hydrogens is 780 g/mol. The highest BCUT2D eigenvalue weighted by Gasteiger charge is 2.24. The van der Waals surface area contributed by atoms with E-state index in [2.05, 4.69) is 21.3 Å². The van der Waals surface area contributed by atoms with Crippen molar-refractivity contribution in [3.05, 3.63) is 124 Å². The highest BCUT2D eigenvalue weighted by Crippen LogP contribution is 2.33. The summed E-state index contributed by atoms with van der Waals surface area (Å²) in [6, 6.07) is 22.0. The zero-order valence-corrected chi connectivity index (χ0v) is 33.5. The standard InChI is InChI=1S/C43H40N4O13/c1-54-33-19-23(38(48)44-29-17-13-25(42(52)59-6)21-35(29)56-3)11-15-31(33)46-40(50)27-9-8-10-28(37(27)58-5)41(51)47-32-16-12-24(20-34(32)55-2)39(49)45-30-18-14-26(43(53)60-7)22-36(30)57-4/h8-22H,1-7H3,(H,44,48)(H,45,49)(H,46,50)(H,47,51). The molecular formula is C43H40N4O13. The summed E-state index contributed by atoms with van der Waals surface area (Å²) in [6.07, 6.45) is 0. The number of rotatable bonds is 15. The zero-order chi connectivity index (χ0) is 43.5. The molecule has 0 fully saturated rings. The molecule has 0 aromatic heterocycles. The van der Waals surface area contributed by atoms with Crippen molar-refractivity contribution < 1.29 is 61.9 Å². The van der Waals surface area contributed by atoms with Gasteiger partial charge in [0.2, 0.25) is 0 Å². The molecule has 0 atom stereocenters. The SMILES string of the molecule is COC(=O)c1ccc(NC(=O)c2ccc(NC(=O)c3cccc(C(=O)Nc4ccc(C(=O)Nc5ccc(C(=O)OC)cc5OC)cc4OC)c3OC)c(OC)c2)c(OC)c1. The lowest BCUT2D eigenvalue weighted by Crippen LogP contribution is -2.19. The Balaban J connectivity index is 1.30. The fraction of sp³-hybridized carbons (Fsp3) is 0.163. The van der Waals surface area contributed by atoms with Crippen LogP contribution in [0.15, 0.2) is 91.0 Å². The summed E-state index contributed by atoms with van der Waals surface area (Å²) >= 11 is 0. The minimum Gasteiger partial charge on any atom is -0.495 e. The first-order chi connectivity index (χ1) is 28.9. The zero-order valence-electron chi connectivity index (χ0n) is 33.5. The number of amides is 4. The van der Waals surface area contributed by atoms with Crippen LogP contribution in [0.4, 0.5) is 22.7 Å². The fourth-order valence-corrected chi connectivity index (χ4v) is 5.83. The molecule has 17 nitrogen and oxygen atoms in total. The lowest BCUT2D eigenvalue weighted by Gasteiger charge is -2.16. The van der Waals surface area contributed by atoms with Crippen LogP contribution in [0.5, 0.6) is 28.7 Å². The van der Waals surface area contributed by atoms with E-state index in [1.165, 1.54) is 141 Å². The van der Waals surface area contributed by atoms with Crippen LogP contribution in [-0.4, -0.2) is 85.3 Å². The molecule has 17 heteroatoms. The third-order valence-corrected chi connectivity index (χ3v) is 8.87. The second-order valence-electron chi connectivity index (χ2n) is 12.3. The Hall–Kier alpha value is -8.08. The van der Waals surface area contributed by atoms with Gasteiger partial charge in [-0.05, 0) is 84.9 Å². The average molecular weight is 821 g/mol. The predicted molar refractivity (Wildman–Crippen MR) is 219 cm³/mol. The number of hydrogen-bond acceptors (Lipinski definition) is 13. The number of methoxy groups -OCH3 is 7. The third-order valence-electron chi connectivity index (χ3n) is 8.87. The fourth-order valence-electron chi connectivity index (χ4n) is 5.83. The number of nitrogens with one attached hydrogen (secondary N) is 4. The van der Waals surface area contributed by atoms with E-state index in [0.717, 1.165) is 0 Å². The van der Waals surface area contributed by atoms with Crippen LogP contribution in [0.2, 0.25) is 0 Å². The molecule has 0 saturated heterocycles. The number of ether oxygens (including phenoxy) is 7. The van der Waals surface area contributed by atoms with Crippen LogP contribution in [-0.2, 0) is 9.47 Å². The lowest BCUT2D eigenvalue weighted by molar-refractivity contribution is 0.0591. The Kier molecular flexibility index (Phi) is 13.9. The Morgan fingerprint density at radius 3 is 0.967 bits per heavy atom. The Bertz CT molecular complexity index is 2320. The van der Waals surface area contributed by atoms with E-state index >= 15 is 0 Å². The van der Waals surface area contributed by atoms with Crippen molar-refractivity contribution in [3.63, 3.8) is 0 Å². The van der Waals surface area contributed by atoms with Gasteiger partial charge in [0.15, 0.2) is 0 Å². The summed E-state index contributed by atoms with van der Waals surface area (Å²) in [5.41, 5.74) is 1.84. The highest BCUT2D eigenvalue weighted by atomic mass is 16.5. The number of carbonyl (C=O) groups is 6. The van der Waals surface area contributed by atoms with Crippen LogP contribution in [0.1, 0.15) is 62.1 Å². The van der Waals surface area contributed by atoms with Gasteiger partial charge in [0.25, 0.3) is 23.6 Å². The van der Waals surface area contributed by atoms with Gasteiger partial charge in [0.05, 0.1) is 94.8 Å². The summed E-state index contributed by atoms with van der Waals surface area (Å²) < 4.78 is 36.7. The first-order valence-electron chi connectivity index (χ1n) is 17.7. The molecule has 0 aliphatic heterocycles. The van der Waals surface area contributed by atoms with Crippen LogP contribution < -0.4 is 45.0 Å². The molecule has 5 aromatic rings. The largest absolute Gasteiger partial charge is 0.495 e. The normalized spacial score (nSPS) is 10.3. The molecule has 0 radical (unpaired) electrons. The number of hydrogen-bond donors (Lipinski definition) is 4. The third kappa shape index (κ3) is 9.54. The van der Waals surface area contributed by atoms with Crippen LogP contribution in [0.3, 0.4) is 0 Å². The molecule has 0 unspecified atom stereocenters. The summed E-state index contributed by atoms with van der Waals surface area (Å²) in [6.45, 7) is 0. The molecule has 4 amide bonds. The minimum absolute atomic E-state index is 0.00514. The van der Waals surface area contributed by atoms with E-state index in [4.69, 9.17) is 33.2 Å². The summed E-state index contributed by atoms with van der Waals surface area (Å²) in [5.74, 6) is -2.80. The smallest absolute Gasteiger partial charge is 0.337 e. The predicted octanol–water partition coefficient (Wildman–Crippen LogP) is 6.31. The van der Waals surface area contributed by atoms with Crippen LogP contribution >= 0.6 is 0 Å². The Labute approximate surface area is 343 Å². The van der Waals surface area contributed by atoms with Gasteiger partial charge in [-0.25, -0.2) is 9.59 Å². The summed E-state index contributed by atoms with van der Waals surface area (Å²) in [5, 5.41) is 10.9. The number of benzene rings is 5. The van der Waals surface area contributed by atoms with Crippen molar-refractivity contribution >= 4 is 58.3 Å². The van der Waals surface area contributed by atoms with Crippen LogP contribution in [0.25, 0.3) is 0 Å². The molecule has 0 aliphatic carbocycles. The highest BCUT2D eigenvalue weighted by molar-refractivity contribution is 6.13. The van der Waals surface area contributed by atoms with Gasteiger partial charge in [-0.15, -0.1) is 0 Å². The molecule has 0 saturated carbocycles. The molecule has 310 valence electrons. The molecule has 5 aromatic carbocycles. The van der Waals surface area contributed by atoms with E-state index in [0.29, 0.717) is 11.4 Å². The molecule has 0 heterocycles. The monoisotopic (exact) mass is 820 g/mol. The van der Waals surface area contributed by atoms with Crippen molar-refractivity contribution in [1.82, 2.24) is 0 Å². The molecule has 5 rings (SSSR count). The second-order valence-corrected chi connectivity index (χ2v) is 12.3. The lowest BCUT2D eigenvalue weighted by atomic mass is 10.1. The van der Waals surface area contributed by atoms with Gasteiger partial charge >= 0.3 is 11.9 Å². The van der Waals surface area contributed by atoms with Crippen molar-refractivity contribution in [2.24, 2.45) is 0 Å². The first kappa shape index (κ1) is 43.1. The van der Waals surface area contributed by atoms with Gasteiger partial charge in [-0.1, -0.05) is 6.07 Å². The van der Waals surface area contributed by atoms with Crippen LogP contribution in [0, 0.1) is 0 Å². The number of carbonyl (C=O) groups excluding carboxylic acids is 6. The van der Waals surface area contributed by atoms with Gasteiger partial charge < -0.3 is 54.4 Å². The minimum atomic E-state index is -0.656. The van der Waals surface area contributed by atoms with Crippen molar-refractivity contribution in [2.45, 2.75) is 0 Å². The van der Waals surface area contributed by atoms with Crippen molar-refractivity contribution in [3.8, 4) is 28.7 Å². The molecule has 60 heavy (non-hydrogen) atoms. The topological polar surface area (TPSA) is 215 Å². The summed E-state index contributed by atoms with van der Waals surface area (Å²) in [4.78, 5) is 77.6. The summed E-state index contributed by atoms with van der Waals surface area (Å²) in [7, 11) is 9.32. The quantitative estimate of drug-likeness (QED) is 0.0853. The van der Waals surface area contributed by atoms with Gasteiger partial charge in [-0.2, -0.15) is 0 Å². The Morgan fingerprint density at radius 1 is 0.367 bits per heavy atom. The number of para-hydroxylation sites is 1. The molecule has 0 bridgehead atoms. The van der Waals surface area contributed by atoms with E-state index < -0.39 is 35.6 Å². The van der Waals surface area contributed by atoms with E-state index in [9.17, 15) is 28.8 Å². The number of esters is 2. The van der Waals surface area contributed by atoms with Gasteiger partial charge in [0, 0.05) is 11.1 Å². The van der Waals surface area contributed by atoms with Gasteiger partial charge in [-0.3, -0.25) is 19.2 Å². The maximum absolute atomic E-state index is 13.7.